The van der Waals surface area contributed by atoms with Crippen LogP contribution in [-0.2, 0) is 0 Å². The minimum Gasteiger partial charge on any atom is -0.335 e. The maximum Gasteiger partial charge on any atom is 0.178 e. The second kappa shape index (κ2) is 6.57. The number of fused-ring (bicyclic) bond motifs is 2. The van der Waals surface area contributed by atoms with E-state index in [2.05, 4.69) is 44.2 Å². The molecule has 144 valence electrons. The molecule has 0 aliphatic heterocycles. The van der Waals surface area contributed by atoms with Crippen LogP contribution in [0.4, 0.5) is 0 Å². The number of hydrogen-bond donors (Lipinski definition) is 2. The predicted octanol–water partition coefficient (Wildman–Crippen LogP) is 5.00. The van der Waals surface area contributed by atoms with E-state index in [1.165, 1.54) is 9.75 Å². The van der Waals surface area contributed by atoms with Crippen LogP contribution >= 0.6 is 11.3 Å². The van der Waals surface area contributed by atoms with Gasteiger partial charge in [0.2, 0.25) is 0 Å². The van der Waals surface area contributed by atoms with Crippen LogP contribution in [0.5, 0.6) is 0 Å². The lowest BCUT2D eigenvalue weighted by molar-refractivity contribution is 1.10. The zero-order valence-electron chi connectivity index (χ0n) is 15.9. The third kappa shape index (κ3) is 2.69. The Morgan fingerprint density at radius 2 is 1.83 bits per heavy atom. The van der Waals surface area contributed by atoms with E-state index in [0.717, 1.165) is 33.5 Å². The van der Waals surface area contributed by atoms with Crippen molar-refractivity contribution in [1.82, 2.24) is 35.1 Å². The van der Waals surface area contributed by atoms with E-state index in [1.807, 2.05) is 36.4 Å². The number of aromatic amines is 2. The average Bonchev–Trinajstić information content (AvgIpc) is 3.51. The number of nitrogens with zero attached hydrogens (tertiary/aromatic N) is 5. The molecule has 0 aliphatic carbocycles. The molecule has 7 nitrogen and oxygen atoms in total. The Labute approximate surface area is 174 Å². The first-order chi connectivity index (χ1) is 14.8. The molecule has 0 aromatic carbocycles. The fourth-order valence-corrected chi connectivity index (χ4v) is 4.43. The van der Waals surface area contributed by atoms with Gasteiger partial charge in [0.15, 0.2) is 17.2 Å². The van der Waals surface area contributed by atoms with E-state index >= 15 is 0 Å². The summed E-state index contributed by atoms with van der Waals surface area (Å²) in [6.07, 6.45) is 3.55. The van der Waals surface area contributed by atoms with Crippen LogP contribution in [0.15, 0.2) is 60.9 Å². The second-order valence-electron chi connectivity index (χ2n) is 6.93. The molecule has 6 rings (SSSR count). The Hall–Kier alpha value is -3.91. The standard InChI is InChI=1S/C22H15N7S/c1-12-5-8-17(30-12)13-9-11-24-21-18(13)26-22(27-21)20-19-16(28-29-20)7-6-15(25-19)14-4-2-3-10-23-14/h2-11H,1H3,(H,28,29)(H,24,26,27). The van der Waals surface area contributed by atoms with Crippen LogP contribution in [0.25, 0.3) is 55.5 Å². The van der Waals surface area contributed by atoms with Gasteiger partial charge in [0, 0.05) is 27.7 Å². The van der Waals surface area contributed by atoms with E-state index in [0.29, 0.717) is 17.2 Å². The van der Waals surface area contributed by atoms with Gasteiger partial charge in [0.25, 0.3) is 0 Å². The Kier molecular flexibility index (Phi) is 3.72. The second-order valence-corrected chi connectivity index (χ2v) is 8.22. The molecular weight excluding hydrogens is 394 g/mol. The van der Waals surface area contributed by atoms with Gasteiger partial charge in [-0.3, -0.25) is 10.1 Å². The van der Waals surface area contributed by atoms with Crippen LogP contribution in [0.2, 0.25) is 0 Å². The zero-order valence-corrected chi connectivity index (χ0v) is 16.7. The zero-order chi connectivity index (χ0) is 20.1. The largest absolute Gasteiger partial charge is 0.335 e. The highest BCUT2D eigenvalue weighted by Gasteiger charge is 2.17. The Bertz CT molecular complexity index is 1510. The van der Waals surface area contributed by atoms with E-state index in [9.17, 15) is 0 Å². The molecule has 0 bridgehead atoms. The van der Waals surface area contributed by atoms with Crippen molar-refractivity contribution in [2.75, 3.05) is 0 Å². The minimum absolute atomic E-state index is 0.634. The quantitative estimate of drug-likeness (QED) is 0.429. The lowest BCUT2D eigenvalue weighted by Crippen LogP contribution is -1.88. The van der Waals surface area contributed by atoms with Gasteiger partial charge in [-0.25, -0.2) is 15.0 Å². The van der Waals surface area contributed by atoms with Crippen LogP contribution in [0.3, 0.4) is 0 Å². The average molecular weight is 409 g/mol. The number of hydrogen-bond acceptors (Lipinski definition) is 6. The molecule has 0 unspecified atom stereocenters. The molecule has 6 aromatic heterocycles. The van der Waals surface area contributed by atoms with Gasteiger partial charge in [0.05, 0.1) is 22.4 Å². The lowest BCUT2D eigenvalue weighted by Gasteiger charge is -2.00. The van der Waals surface area contributed by atoms with Gasteiger partial charge >= 0.3 is 0 Å². The normalized spacial score (nSPS) is 11.5. The summed E-state index contributed by atoms with van der Waals surface area (Å²) in [7, 11) is 0. The summed E-state index contributed by atoms with van der Waals surface area (Å²) in [6.45, 7) is 2.10. The monoisotopic (exact) mass is 409 g/mol. The van der Waals surface area contributed by atoms with Crippen LogP contribution in [0.1, 0.15) is 4.88 Å². The number of aromatic nitrogens is 7. The van der Waals surface area contributed by atoms with Crippen molar-refractivity contribution in [1.29, 1.82) is 0 Å². The molecule has 0 spiro atoms. The molecule has 0 saturated heterocycles. The summed E-state index contributed by atoms with van der Waals surface area (Å²) in [4.78, 5) is 24.2. The van der Waals surface area contributed by atoms with Gasteiger partial charge in [-0.15, -0.1) is 11.3 Å². The van der Waals surface area contributed by atoms with Gasteiger partial charge in [-0.1, -0.05) is 6.07 Å². The maximum atomic E-state index is 4.80. The summed E-state index contributed by atoms with van der Waals surface area (Å²) >= 11 is 1.75. The molecule has 0 radical (unpaired) electrons. The van der Waals surface area contributed by atoms with Crippen molar-refractivity contribution in [3.63, 3.8) is 0 Å². The summed E-state index contributed by atoms with van der Waals surface area (Å²) in [5.74, 6) is 0.634. The molecule has 6 heterocycles. The number of imidazole rings is 1. The third-order valence-corrected chi connectivity index (χ3v) is 5.99. The molecule has 0 aliphatic rings. The summed E-state index contributed by atoms with van der Waals surface area (Å²) in [6, 6.07) is 15.9. The number of rotatable bonds is 3. The topological polar surface area (TPSA) is 96.0 Å². The molecule has 0 fully saturated rings. The van der Waals surface area contributed by atoms with E-state index in [-0.39, 0.29) is 0 Å². The molecular formula is C22H15N7S. The highest BCUT2D eigenvalue weighted by atomic mass is 32.1. The minimum atomic E-state index is 0.634. The summed E-state index contributed by atoms with van der Waals surface area (Å²) < 4.78 is 0. The molecule has 0 saturated carbocycles. The fraction of sp³-hybridized carbons (Fsp3) is 0.0455. The summed E-state index contributed by atoms with van der Waals surface area (Å²) in [5.41, 5.74) is 6.48. The highest BCUT2D eigenvalue weighted by Crippen LogP contribution is 2.33. The Balaban J connectivity index is 1.52. The van der Waals surface area contributed by atoms with Crippen molar-refractivity contribution >= 4 is 33.5 Å². The molecule has 6 aromatic rings. The molecule has 30 heavy (non-hydrogen) atoms. The van der Waals surface area contributed by atoms with Crippen LogP contribution in [-0.4, -0.2) is 35.1 Å². The van der Waals surface area contributed by atoms with Gasteiger partial charge in [0.1, 0.15) is 5.52 Å². The predicted molar refractivity (Wildman–Crippen MR) is 118 cm³/mol. The van der Waals surface area contributed by atoms with E-state index < -0.39 is 0 Å². The highest BCUT2D eigenvalue weighted by molar-refractivity contribution is 7.15. The van der Waals surface area contributed by atoms with E-state index in [4.69, 9.17) is 9.97 Å². The van der Waals surface area contributed by atoms with Crippen molar-refractivity contribution in [3.05, 3.63) is 65.8 Å². The Morgan fingerprint density at radius 3 is 2.67 bits per heavy atom. The molecule has 2 N–H and O–H groups in total. The first-order valence-corrected chi connectivity index (χ1v) is 10.3. The SMILES string of the molecule is Cc1ccc(-c2ccnc3nc(-c4n[nH]c5ccc(-c6ccccn6)nc45)[nH]c23)s1. The number of aryl methyl sites for hydroxylation is 1. The molecule has 8 heteroatoms. The van der Waals surface area contributed by atoms with Crippen LogP contribution in [0, 0.1) is 6.92 Å². The fourth-order valence-electron chi connectivity index (χ4n) is 3.53. The van der Waals surface area contributed by atoms with Gasteiger partial charge < -0.3 is 4.98 Å². The van der Waals surface area contributed by atoms with Gasteiger partial charge in [-0.05, 0) is 49.4 Å². The third-order valence-electron chi connectivity index (χ3n) is 4.96. The number of nitrogens with one attached hydrogen (secondary N) is 2. The summed E-state index contributed by atoms with van der Waals surface area (Å²) in [5, 5.41) is 7.52. The molecule has 0 atom stereocenters. The molecule has 0 amide bonds. The number of pyridine rings is 3. The first kappa shape index (κ1) is 17.0. The van der Waals surface area contributed by atoms with Crippen molar-refractivity contribution in [2.24, 2.45) is 0 Å². The Morgan fingerprint density at radius 1 is 0.867 bits per heavy atom. The maximum absolute atomic E-state index is 4.80. The van der Waals surface area contributed by atoms with Crippen molar-refractivity contribution < 1.29 is 0 Å². The van der Waals surface area contributed by atoms with Gasteiger partial charge in [-0.2, -0.15) is 5.10 Å². The van der Waals surface area contributed by atoms with Crippen LogP contribution < -0.4 is 0 Å². The first-order valence-electron chi connectivity index (χ1n) is 9.45. The lowest BCUT2D eigenvalue weighted by atomic mass is 10.2. The van der Waals surface area contributed by atoms with E-state index in [1.54, 1.807) is 23.7 Å². The number of H-pyrrole nitrogens is 2. The smallest absolute Gasteiger partial charge is 0.178 e. The van der Waals surface area contributed by atoms with Crippen molar-refractivity contribution in [2.45, 2.75) is 6.92 Å². The number of thiophene rings is 1. The van der Waals surface area contributed by atoms with Crippen molar-refractivity contribution in [3.8, 4) is 33.3 Å².